The van der Waals surface area contributed by atoms with Gasteiger partial charge in [-0.3, -0.25) is 0 Å². The third kappa shape index (κ3) is 4.47. The van der Waals surface area contributed by atoms with Gasteiger partial charge in [0.15, 0.2) is 0 Å². The first kappa shape index (κ1) is 20.6. The van der Waals surface area contributed by atoms with Crippen LogP contribution in [-0.4, -0.2) is 52.1 Å². The van der Waals surface area contributed by atoms with Crippen LogP contribution in [0.5, 0.6) is 5.75 Å². The predicted molar refractivity (Wildman–Crippen MR) is 103 cm³/mol. The summed E-state index contributed by atoms with van der Waals surface area (Å²) in [4.78, 5) is 12.4. The minimum atomic E-state index is -3.84. The van der Waals surface area contributed by atoms with Crippen LogP contribution in [0.1, 0.15) is 15.9 Å². The van der Waals surface area contributed by atoms with Gasteiger partial charge in [0, 0.05) is 23.7 Å². The summed E-state index contributed by atoms with van der Waals surface area (Å²) in [5.74, 6) is -0.491. The number of nitrogens with zero attached hydrogens (tertiary/aromatic N) is 1. The third-order valence-corrected chi connectivity index (χ3v) is 6.59. The predicted octanol–water partition coefficient (Wildman–Crippen LogP) is 2.73. The number of esters is 1. The van der Waals surface area contributed by atoms with Crippen LogP contribution in [0.3, 0.4) is 0 Å². The van der Waals surface area contributed by atoms with Crippen LogP contribution in [0, 0.1) is 0 Å². The van der Waals surface area contributed by atoms with Crippen LogP contribution in [0.2, 0.25) is 5.02 Å². The second kappa shape index (κ2) is 8.91. The van der Waals surface area contributed by atoms with E-state index in [9.17, 15) is 13.2 Å². The summed E-state index contributed by atoms with van der Waals surface area (Å²) in [6.07, 6.45) is 0. The molecule has 0 unspecified atom stereocenters. The first-order valence-corrected chi connectivity index (χ1v) is 10.4. The zero-order valence-corrected chi connectivity index (χ0v) is 16.8. The molecule has 1 fully saturated rings. The molecule has 0 spiro atoms. The van der Waals surface area contributed by atoms with Gasteiger partial charge in [-0.15, -0.1) is 0 Å². The third-order valence-electron chi connectivity index (χ3n) is 4.30. The second-order valence-electron chi connectivity index (χ2n) is 6.05. The van der Waals surface area contributed by atoms with Gasteiger partial charge < -0.3 is 14.2 Å². The van der Waals surface area contributed by atoms with Gasteiger partial charge in [-0.25, -0.2) is 13.2 Å². The molecule has 0 saturated carbocycles. The first-order valence-electron chi connectivity index (χ1n) is 8.60. The van der Waals surface area contributed by atoms with E-state index in [-0.39, 0.29) is 35.9 Å². The van der Waals surface area contributed by atoms with Gasteiger partial charge in [0.25, 0.3) is 0 Å². The van der Waals surface area contributed by atoms with Gasteiger partial charge in [0.2, 0.25) is 10.0 Å². The summed E-state index contributed by atoms with van der Waals surface area (Å²) in [6, 6.07) is 11.2. The quantitative estimate of drug-likeness (QED) is 0.662. The lowest BCUT2D eigenvalue weighted by Gasteiger charge is -2.26. The van der Waals surface area contributed by atoms with Crippen molar-refractivity contribution in [1.82, 2.24) is 4.31 Å². The van der Waals surface area contributed by atoms with E-state index in [1.165, 1.54) is 29.6 Å². The highest BCUT2D eigenvalue weighted by atomic mass is 35.5. The van der Waals surface area contributed by atoms with Crippen molar-refractivity contribution < 1.29 is 27.4 Å². The number of benzene rings is 2. The Bertz CT molecular complexity index is 957. The highest BCUT2D eigenvalue weighted by molar-refractivity contribution is 7.89. The van der Waals surface area contributed by atoms with Crippen LogP contribution >= 0.6 is 11.6 Å². The molecule has 0 radical (unpaired) electrons. The molecule has 1 aliphatic rings. The molecule has 28 heavy (non-hydrogen) atoms. The maximum absolute atomic E-state index is 13.0. The molecule has 0 atom stereocenters. The van der Waals surface area contributed by atoms with Crippen molar-refractivity contribution in [2.24, 2.45) is 0 Å². The number of halogens is 1. The molecular weight excluding hydrogens is 406 g/mol. The zero-order chi connectivity index (χ0) is 20.1. The maximum Gasteiger partial charge on any atom is 0.338 e. The van der Waals surface area contributed by atoms with Crippen LogP contribution < -0.4 is 4.74 Å². The van der Waals surface area contributed by atoms with Gasteiger partial charge in [0.1, 0.15) is 17.3 Å². The molecule has 1 aliphatic heterocycles. The van der Waals surface area contributed by atoms with Crippen molar-refractivity contribution in [3.8, 4) is 5.75 Å². The first-order chi connectivity index (χ1) is 13.4. The Kier molecular flexibility index (Phi) is 6.56. The van der Waals surface area contributed by atoms with Crippen molar-refractivity contribution in [2.75, 3.05) is 33.4 Å². The smallest absolute Gasteiger partial charge is 0.338 e. The van der Waals surface area contributed by atoms with Crippen LogP contribution in [0.15, 0.2) is 47.4 Å². The zero-order valence-electron chi connectivity index (χ0n) is 15.3. The average molecular weight is 426 g/mol. The van der Waals surface area contributed by atoms with Crippen molar-refractivity contribution in [2.45, 2.75) is 11.5 Å². The van der Waals surface area contributed by atoms with Crippen LogP contribution in [-0.2, 0) is 26.1 Å². The van der Waals surface area contributed by atoms with Crippen molar-refractivity contribution >= 4 is 27.6 Å². The summed E-state index contributed by atoms with van der Waals surface area (Å²) < 4.78 is 43.0. The minimum absolute atomic E-state index is 0.0178. The lowest BCUT2D eigenvalue weighted by atomic mass is 10.2. The van der Waals surface area contributed by atoms with Gasteiger partial charge in [-0.05, 0) is 24.3 Å². The van der Waals surface area contributed by atoms with Gasteiger partial charge in [-0.1, -0.05) is 29.8 Å². The van der Waals surface area contributed by atoms with Crippen molar-refractivity contribution in [1.29, 1.82) is 0 Å². The van der Waals surface area contributed by atoms with E-state index in [1.54, 1.807) is 24.3 Å². The lowest BCUT2D eigenvalue weighted by Crippen LogP contribution is -2.40. The standard InChI is InChI=1S/C19H20ClNO6S/c1-25-17-7-6-14(19(22)27-13-15-4-2-3-5-16(15)20)12-18(17)28(23,24)21-8-10-26-11-9-21/h2-7,12H,8-11,13H2,1H3. The van der Waals surface area contributed by atoms with Crippen molar-refractivity contribution in [3.05, 3.63) is 58.6 Å². The molecule has 1 heterocycles. The second-order valence-corrected chi connectivity index (χ2v) is 8.36. The molecule has 150 valence electrons. The molecule has 0 N–H and O–H groups in total. The average Bonchev–Trinajstić information content (AvgIpc) is 2.73. The van der Waals surface area contributed by atoms with E-state index in [0.717, 1.165) is 0 Å². The fraction of sp³-hybridized carbons (Fsp3) is 0.316. The Morgan fingerprint density at radius 3 is 2.57 bits per heavy atom. The molecule has 3 rings (SSSR count). The number of ether oxygens (including phenoxy) is 3. The molecule has 2 aromatic carbocycles. The summed E-state index contributed by atoms with van der Waals surface area (Å²) >= 11 is 6.06. The normalized spacial score (nSPS) is 15.2. The van der Waals surface area contributed by atoms with E-state index in [4.69, 9.17) is 25.8 Å². The monoisotopic (exact) mass is 425 g/mol. The summed E-state index contributed by atoms with van der Waals surface area (Å²) in [7, 11) is -2.46. The fourth-order valence-electron chi connectivity index (χ4n) is 2.77. The Morgan fingerprint density at radius 1 is 1.18 bits per heavy atom. The number of carbonyl (C=O) groups is 1. The molecular formula is C19H20ClNO6S. The number of hydrogen-bond acceptors (Lipinski definition) is 6. The van der Waals surface area contributed by atoms with Gasteiger partial charge in [0.05, 0.1) is 25.9 Å². The SMILES string of the molecule is COc1ccc(C(=O)OCc2ccccc2Cl)cc1S(=O)(=O)N1CCOCC1. The summed E-state index contributed by atoms with van der Waals surface area (Å²) in [5, 5.41) is 0.487. The van der Waals surface area contributed by atoms with Crippen molar-refractivity contribution in [3.63, 3.8) is 0 Å². The summed E-state index contributed by atoms with van der Waals surface area (Å²) in [6.45, 7) is 1.11. The van der Waals surface area contributed by atoms with Gasteiger partial charge in [-0.2, -0.15) is 4.31 Å². The molecule has 7 nitrogen and oxygen atoms in total. The van der Waals surface area contributed by atoms with Crippen LogP contribution in [0.25, 0.3) is 0 Å². The molecule has 2 aromatic rings. The Labute approximate surface area is 168 Å². The van der Waals surface area contributed by atoms with E-state index >= 15 is 0 Å². The lowest BCUT2D eigenvalue weighted by molar-refractivity contribution is 0.0472. The highest BCUT2D eigenvalue weighted by Crippen LogP contribution is 2.29. The number of morpholine rings is 1. The molecule has 9 heteroatoms. The van der Waals surface area contributed by atoms with E-state index in [0.29, 0.717) is 23.8 Å². The fourth-order valence-corrected chi connectivity index (χ4v) is 4.55. The number of rotatable bonds is 6. The number of carbonyl (C=O) groups excluding carboxylic acids is 1. The Balaban J connectivity index is 1.84. The molecule has 0 bridgehead atoms. The van der Waals surface area contributed by atoms with E-state index in [1.807, 2.05) is 0 Å². The topological polar surface area (TPSA) is 82.1 Å². The largest absolute Gasteiger partial charge is 0.495 e. The highest BCUT2D eigenvalue weighted by Gasteiger charge is 2.30. The minimum Gasteiger partial charge on any atom is -0.495 e. The maximum atomic E-state index is 13.0. The number of hydrogen-bond donors (Lipinski definition) is 0. The Morgan fingerprint density at radius 2 is 1.89 bits per heavy atom. The van der Waals surface area contributed by atoms with E-state index < -0.39 is 16.0 Å². The number of methoxy groups -OCH3 is 1. The van der Waals surface area contributed by atoms with Gasteiger partial charge >= 0.3 is 5.97 Å². The molecule has 0 aromatic heterocycles. The van der Waals surface area contributed by atoms with Crippen LogP contribution in [0.4, 0.5) is 0 Å². The molecule has 0 amide bonds. The molecule has 0 aliphatic carbocycles. The molecule has 1 saturated heterocycles. The number of sulfonamides is 1. The Hall–Kier alpha value is -2.13. The van der Waals surface area contributed by atoms with E-state index in [2.05, 4.69) is 0 Å². The summed E-state index contributed by atoms with van der Waals surface area (Å²) in [5.41, 5.74) is 0.770.